The number of primary amides is 1. The number of imidazole rings is 1. The molecule has 0 aromatic carbocycles. The highest BCUT2D eigenvalue weighted by Gasteiger charge is 2.42. The average molecular weight is 224 g/mol. The van der Waals surface area contributed by atoms with E-state index in [2.05, 4.69) is 15.3 Å². The molecule has 1 aromatic heterocycles. The molecule has 0 spiro atoms. The Labute approximate surface area is 91.1 Å². The molecule has 5 N–H and O–H groups in total. The van der Waals surface area contributed by atoms with Crippen LogP contribution in [0.2, 0.25) is 0 Å². The predicted octanol–water partition coefficient (Wildman–Crippen LogP) is 0.155. The van der Waals surface area contributed by atoms with Crippen molar-refractivity contribution in [1.82, 2.24) is 15.3 Å². The number of carboxylic acid groups (broad SMARTS) is 1. The number of H-pyrrole nitrogens is 1. The molecule has 0 bridgehead atoms. The van der Waals surface area contributed by atoms with Crippen molar-refractivity contribution in [3.05, 3.63) is 17.7 Å². The average Bonchev–Trinajstić information content (AvgIpc) is 2.59. The summed E-state index contributed by atoms with van der Waals surface area (Å²) in [5.74, 6) is -0.623. The van der Waals surface area contributed by atoms with Crippen LogP contribution in [0, 0.1) is 0 Å². The number of carboxylic acids is 1. The third-order valence-electron chi connectivity index (χ3n) is 2.83. The van der Waals surface area contributed by atoms with E-state index in [1.807, 2.05) is 0 Å². The zero-order valence-electron chi connectivity index (χ0n) is 8.49. The Morgan fingerprint density at radius 3 is 2.62 bits per heavy atom. The van der Waals surface area contributed by atoms with Crippen molar-refractivity contribution < 1.29 is 14.7 Å². The third-order valence-corrected chi connectivity index (χ3v) is 2.83. The molecule has 7 heteroatoms. The van der Waals surface area contributed by atoms with Gasteiger partial charge in [-0.05, 0) is 19.3 Å². The van der Waals surface area contributed by atoms with E-state index in [1.54, 1.807) is 0 Å². The molecule has 16 heavy (non-hydrogen) atoms. The fraction of sp³-hybridized carbons (Fsp3) is 0.444. The van der Waals surface area contributed by atoms with Gasteiger partial charge in [0.2, 0.25) is 0 Å². The van der Waals surface area contributed by atoms with Crippen molar-refractivity contribution in [3.8, 4) is 0 Å². The molecular formula is C9H12N4O3. The topological polar surface area (TPSA) is 121 Å². The van der Waals surface area contributed by atoms with E-state index < -0.39 is 17.5 Å². The van der Waals surface area contributed by atoms with Crippen LogP contribution in [-0.2, 0) is 5.54 Å². The highest BCUT2D eigenvalue weighted by Crippen LogP contribution is 2.39. The second-order valence-electron chi connectivity index (χ2n) is 3.88. The lowest BCUT2D eigenvalue weighted by atomic mass is 9.76. The first-order valence-corrected chi connectivity index (χ1v) is 4.90. The van der Waals surface area contributed by atoms with E-state index in [-0.39, 0.29) is 5.69 Å². The number of nitrogens with one attached hydrogen (secondary N) is 2. The molecule has 0 saturated heterocycles. The van der Waals surface area contributed by atoms with E-state index in [4.69, 9.17) is 10.8 Å². The summed E-state index contributed by atoms with van der Waals surface area (Å²) < 4.78 is 0. The molecule has 0 aliphatic heterocycles. The fourth-order valence-corrected chi connectivity index (χ4v) is 1.86. The van der Waals surface area contributed by atoms with Gasteiger partial charge in [0.1, 0.15) is 11.5 Å². The lowest BCUT2D eigenvalue weighted by molar-refractivity contribution is 0.0690. The first kappa shape index (κ1) is 10.5. The van der Waals surface area contributed by atoms with Gasteiger partial charge >= 0.3 is 12.0 Å². The van der Waals surface area contributed by atoms with Gasteiger partial charge in [-0.3, -0.25) is 0 Å². The van der Waals surface area contributed by atoms with Gasteiger partial charge in [0.15, 0.2) is 0 Å². The van der Waals surface area contributed by atoms with Crippen LogP contribution in [0.3, 0.4) is 0 Å². The van der Waals surface area contributed by atoms with Crippen LogP contribution in [0.15, 0.2) is 6.20 Å². The zero-order valence-corrected chi connectivity index (χ0v) is 8.49. The minimum atomic E-state index is -1.08. The lowest BCUT2D eigenvalue weighted by Gasteiger charge is -2.40. The van der Waals surface area contributed by atoms with Gasteiger partial charge in [0.25, 0.3) is 0 Å². The van der Waals surface area contributed by atoms with Gasteiger partial charge in [-0.25, -0.2) is 14.6 Å². The van der Waals surface area contributed by atoms with Crippen molar-refractivity contribution in [2.45, 2.75) is 24.8 Å². The predicted molar refractivity (Wildman–Crippen MR) is 53.8 cm³/mol. The first-order valence-electron chi connectivity index (χ1n) is 4.90. The van der Waals surface area contributed by atoms with Crippen molar-refractivity contribution in [3.63, 3.8) is 0 Å². The Kier molecular flexibility index (Phi) is 2.30. The van der Waals surface area contributed by atoms with E-state index in [0.717, 1.165) is 6.42 Å². The monoisotopic (exact) mass is 224 g/mol. The van der Waals surface area contributed by atoms with Gasteiger partial charge in [0.05, 0.1) is 11.7 Å². The Bertz CT molecular complexity index is 436. The van der Waals surface area contributed by atoms with Crippen LogP contribution in [0.4, 0.5) is 4.79 Å². The molecule has 0 atom stereocenters. The van der Waals surface area contributed by atoms with Gasteiger partial charge < -0.3 is 21.1 Å². The highest BCUT2D eigenvalue weighted by atomic mass is 16.4. The number of rotatable bonds is 3. The zero-order chi connectivity index (χ0) is 11.8. The van der Waals surface area contributed by atoms with Crippen molar-refractivity contribution >= 4 is 12.0 Å². The summed E-state index contributed by atoms with van der Waals surface area (Å²) in [5.41, 5.74) is 4.48. The van der Waals surface area contributed by atoms with Gasteiger partial charge in [-0.1, -0.05) is 0 Å². The van der Waals surface area contributed by atoms with Crippen LogP contribution in [0.25, 0.3) is 0 Å². The molecule has 1 fully saturated rings. The number of urea groups is 1. The Morgan fingerprint density at radius 1 is 1.56 bits per heavy atom. The first-order chi connectivity index (χ1) is 7.53. The Morgan fingerprint density at radius 2 is 2.25 bits per heavy atom. The number of amides is 2. The molecule has 7 nitrogen and oxygen atoms in total. The molecule has 1 saturated carbocycles. The largest absolute Gasteiger partial charge is 0.477 e. The molecule has 1 aliphatic carbocycles. The minimum Gasteiger partial charge on any atom is -0.477 e. The number of aromatic amines is 1. The molecular weight excluding hydrogens is 212 g/mol. The number of carbonyl (C=O) groups excluding carboxylic acids is 1. The summed E-state index contributed by atoms with van der Waals surface area (Å²) in [7, 11) is 0. The number of hydrogen-bond donors (Lipinski definition) is 4. The summed E-state index contributed by atoms with van der Waals surface area (Å²) >= 11 is 0. The number of carbonyl (C=O) groups is 2. The standard InChI is InChI=1S/C9H12N4O3/c10-8(16)13-9(2-1-3-9)7-11-4-5(12-7)6(14)15/h4H,1-3H2,(H,11,12)(H,14,15)(H3,10,13,16). The van der Waals surface area contributed by atoms with Crippen LogP contribution in [-0.4, -0.2) is 27.1 Å². The van der Waals surface area contributed by atoms with Crippen molar-refractivity contribution in [1.29, 1.82) is 0 Å². The molecule has 1 heterocycles. The normalized spacial score (nSPS) is 17.5. The summed E-state index contributed by atoms with van der Waals surface area (Å²) in [6.45, 7) is 0. The fourth-order valence-electron chi connectivity index (χ4n) is 1.86. The molecule has 2 rings (SSSR count). The molecule has 1 aromatic rings. The molecule has 0 radical (unpaired) electrons. The number of aromatic nitrogens is 2. The maximum absolute atomic E-state index is 10.9. The van der Waals surface area contributed by atoms with Gasteiger partial charge in [-0.2, -0.15) is 0 Å². The summed E-state index contributed by atoms with van der Waals surface area (Å²) in [5, 5.41) is 11.4. The minimum absolute atomic E-state index is 0.00699. The second kappa shape index (κ2) is 3.51. The second-order valence-corrected chi connectivity index (χ2v) is 3.88. The number of aromatic carboxylic acids is 1. The van der Waals surface area contributed by atoms with Crippen LogP contribution >= 0.6 is 0 Å². The van der Waals surface area contributed by atoms with E-state index in [9.17, 15) is 9.59 Å². The molecule has 2 amide bonds. The molecule has 0 unspecified atom stereocenters. The summed E-state index contributed by atoms with van der Waals surface area (Å²) in [4.78, 5) is 28.2. The van der Waals surface area contributed by atoms with E-state index >= 15 is 0 Å². The van der Waals surface area contributed by atoms with Crippen LogP contribution < -0.4 is 11.1 Å². The van der Waals surface area contributed by atoms with E-state index in [0.29, 0.717) is 18.7 Å². The van der Waals surface area contributed by atoms with Gasteiger partial charge in [-0.15, -0.1) is 0 Å². The number of hydrogen-bond acceptors (Lipinski definition) is 3. The maximum atomic E-state index is 10.9. The number of nitrogens with two attached hydrogens (primary N) is 1. The summed E-state index contributed by atoms with van der Waals surface area (Å²) in [6.07, 6.45) is 3.61. The SMILES string of the molecule is NC(=O)NC1(c2ncc(C(=O)O)[nH]2)CCC1. The lowest BCUT2D eigenvalue weighted by Crippen LogP contribution is -2.53. The maximum Gasteiger partial charge on any atom is 0.353 e. The van der Waals surface area contributed by atoms with Crippen molar-refractivity contribution in [2.75, 3.05) is 0 Å². The molecule has 1 aliphatic rings. The number of nitrogens with zero attached hydrogens (tertiary/aromatic N) is 1. The Balaban J connectivity index is 2.26. The van der Waals surface area contributed by atoms with Gasteiger partial charge in [0, 0.05) is 0 Å². The van der Waals surface area contributed by atoms with E-state index in [1.165, 1.54) is 6.20 Å². The van der Waals surface area contributed by atoms with Crippen LogP contribution in [0.1, 0.15) is 35.6 Å². The smallest absolute Gasteiger partial charge is 0.353 e. The van der Waals surface area contributed by atoms with Crippen molar-refractivity contribution in [2.24, 2.45) is 5.73 Å². The Hall–Kier alpha value is -2.05. The quantitative estimate of drug-likeness (QED) is 0.584. The van der Waals surface area contributed by atoms with Crippen LogP contribution in [0.5, 0.6) is 0 Å². The highest BCUT2D eigenvalue weighted by molar-refractivity contribution is 5.85. The molecule has 86 valence electrons. The third kappa shape index (κ3) is 1.60. The summed E-state index contributed by atoms with van der Waals surface area (Å²) in [6, 6.07) is -0.632.